The number of ether oxygens (including phenoxy) is 1. The molecule has 2 saturated heterocycles. The zero-order valence-corrected chi connectivity index (χ0v) is 20.7. The van der Waals surface area contributed by atoms with Crippen molar-refractivity contribution in [3.63, 3.8) is 0 Å². The maximum atomic E-state index is 13.5. The van der Waals surface area contributed by atoms with Crippen molar-refractivity contribution in [2.75, 3.05) is 42.3 Å². The van der Waals surface area contributed by atoms with Gasteiger partial charge in [-0.1, -0.05) is 17.7 Å². The van der Waals surface area contributed by atoms with E-state index in [-0.39, 0.29) is 10.9 Å². The summed E-state index contributed by atoms with van der Waals surface area (Å²) in [5, 5.41) is 6.71. The summed E-state index contributed by atoms with van der Waals surface area (Å²) in [6.07, 6.45) is 6.15. The zero-order chi connectivity index (χ0) is 24.4. The Morgan fingerprint density at radius 1 is 1.31 bits per heavy atom. The van der Waals surface area contributed by atoms with E-state index in [9.17, 15) is 9.18 Å². The number of nitrogens with one attached hydrogen (secondary N) is 2. The highest BCUT2D eigenvalue weighted by Gasteiger charge is 2.37. The van der Waals surface area contributed by atoms with Gasteiger partial charge in [0.15, 0.2) is 0 Å². The lowest BCUT2D eigenvalue weighted by atomic mass is 10.1. The third-order valence-corrected chi connectivity index (χ3v) is 7.96. The van der Waals surface area contributed by atoms with Crippen LogP contribution in [0.1, 0.15) is 6.42 Å². The lowest BCUT2D eigenvalue weighted by Crippen LogP contribution is -2.32. The first-order valence-electron chi connectivity index (χ1n) is 11.4. The normalized spacial score (nSPS) is 19.9. The van der Waals surface area contributed by atoms with Crippen molar-refractivity contribution in [3.8, 4) is 5.75 Å². The van der Waals surface area contributed by atoms with E-state index in [0.717, 1.165) is 19.0 Å². The highest BCUT2D eigenvalue weighted by molar-refractivity contribution is 7.99. The third kappa shape index (κ3) is 5.22. The van der Waals surface area contributed by atoms with Gasteiger partial charge in [0, 0.05) is 41.6 Å². The molecule has 3 heterocycles. The number of anilines is 3. The van der Waals surface area contributed by atoms with E-state index in [2.05, 4.69) is 25.5 Å². The molecule has 2 atom stereocenters. The minimum atomic E-state index is -0.501. The zero-order valence-electron chi connectivity index (χ0n) is 19.1. The molecule has 2 N–H and O–H groups in total. The molecule has 5 rings (SSSR count). The average Bonchev–Trinajstić information content (AvgIpc) is 3.46. The van der Waals surface area contributed by atoms with Gasteiger partial charge in [0.25, 0.3) is 0 Å². The van der Waals surface area contributed by atoms with Crippen LogP contribution in [0.2, 0.25) is 5.02 Å². The number of aromatic nitrogens is 2. The molecule has 2 fully saturated rings. The Labute approximate surface area is 212 Å². The SMILES string of the molecule is COc1cc2ncnc(Nc3ccc(F)c(Cl)c3)c2cc1NC(=O)/C=C/CN1CCC2CSCC21. The summed E-state index contributed by atoms with van der Waals surface area (Å²) in [6.45, 7) is 1.86. The molecule has 1 amide bonds. The van der Waals surface area contributed by atoms with Gasteiger partial charge >= 0.3 is 0 Å². The first kappa shape index (κ1) is 23.8. The predicted molar refractivity (Wildman–Crippen MR) is 139 cm³/mol. The Hall–Kier alpha value is -2.88. The Kier molecular flexibility index (Phi) is 7.08. The quantitative estimate of drug-likeness (QED) is 0.425. The van der Waals surface area contributed by atoms with Gasteiger partial charge in [0.2, 0.25) is 5.91 Å². The number of benzene rings is 2. The van der Waals surface area contributed by atoms with Crippen molar-refractivity contribution >= 4 is 57.4 Å². The van der Waals surface area contributed by atoms with Crippen molar-refractivity contribution in [1.29, 1.82) is 0 Å². The van der Waals surface area contributed by atoms with Crippen molar-refractivity contribution in [1.82, 2.24) is 14.9 Å². The van der Waals surface area contributed by atoms with Crippen LogP contribution in [-0.4, -0.2) is 58.5 Å². The molecule has 3 aromatic rings. The average molecular weight is 514 g/mol. The molecule has 2 aliphatic heterocycles. The van der Waals surface area contributed by atoms with E-state index in [4.69, 9.17) is 16.3 Å². The van der Waals surface area contributed by atoms with Crippen molar-refractivity contribution < 1.29 is 13.9 Å². The number of rotatable bonds is 7. The number of likely N-dealkylation sites (tertiary alicyclic amines) is 1. The number of fused-ring (bicyclic) bond motifs is 2. The van der Waals surface area contributed by atoms with Crippen molar-refractivity contribution in [2.24, 2.45) is 5.92 Å². The largest absolute Gasteiger partial charge is 0.494 e. The molecule has 0 spiro atoms. The van der Waals surface area contributed by atoms with Crippen LogP contribution < -0.4 is 15.4 Å². The Balaban J connectivity index is 1.33. The number of carbonyl (C=O) groups excluding carboxylic acids is 1. The minimum Gasteiger partial charge on any atom is -0.494 e. The highest BCUT2D eigenvalue weighted by Crippen LogP contribution is 2.36. The molecule has 2 aromatic carbocycles. The van der Waals surface area contributed by atoms with Crippen molar-refractivity contribution in [2.45, 2.75) is 12.5 Å². The maximum absolute atomic E-state index is 13.5. The summed E-state index contributed by atoms with van der Waals surface area (Å²) >= 11 is 7.93. The number of hydrogen-bond acceptors (Lipinski definition) is 7. The summed E-state index contributed by atoms with van der Waals surface area (Å²) in [5.41, 5.74) is 1.70. The molecule has 0 saturated carbocycles. The van der Waals surface area contributed by atoms with Crippen LogP contribution in [0.5, 0.6) is 5.75 Å². The second-order valence-corrected chi connectivity index (χ2v) is 10.1. The monoisotopic (exact) mass is 513 g/mol. The van der Waals surface area contributed by atoms with Crippen LogP contribution in [0, 0.1) is 11.7 Å². The number of carbonyl (C=O) groups is 1. The van der Waals surface area contributed by atoms with Crippen molar-refractivity contribution in [3.05, 3.63) is 59.7 Å². The summed E-state index contributed by atoms with van der Waals surface area (Å²) in [7, 11) is 1.54. The van der Waals surface area contributed by atoms with Gasteiger partial charge in [-0.05, 0) is 48.9 Å². The summed E-state index contributed by atoms with van der Waals surface area (Å²) < 4.78 is 19.0. The summed E-state index contributed by atoms with van der Waals surface area (Å²) in [5.74, 6) is 3.46. The maximum Gasteiger partial charge on any atom is 0.248 e. The second kappa shape index (κ2) is 10.4. The number of nitrogens with zero attached hydrogens (tertiary/aromatic N) is 3. The van der Waals surface area contributed by atoms with E-state index in [1.54, 1.807) is 24.3 Å². The van der Waals surface area contributed by atoms with Gasteiger partial charge in [0.05, 0.1) is 23.3 Å². The first-order valence-corrected chi connectivity index (χ1v) is 12.9. The molecule has 0 radical (unpaired) electrons. The fraction of sp³-hybridized carbons (Fsp3) is 0.320. The number of hydrogen-bond donors (Lipinski definition) is 2. The lowest BCUT2D eigenvalue weighted by molar-refractivity contribution is -0.111. The topological polar surface area (TPSA) is 79.4 Å². The molecule has 0 bridgehead atoms. The predicted octanol–water partition coefficient (Wildman–Crippen LogP) is 5.11. The van der Waals surface area contributed by atoms with E-state index in [1.165, 1.54) is 43.5 Å². The molecule has 2 aliphatic rings. The molecule has 182 valence electrons. The fourth-order valence-corrected chi connectivity index (χ4v) is 6.35. The van der Waals surface area contributed by atoms with Crippen LogP contribution in [-0.2, 0) is 4.79 Å². The fourth-order valence-electron chi connectivity index (χ4n) is 4.62. The van der Waals surface area contributed by atoms with Crippen LogP contribution in [0.25, 0.3) is 10.9 Å². The molecule has 35 heavy (non-hydrogen) atoms. The smallest absolute Gasteiger partial charge is 0.248 e. The van der Waals surface area contributed by atoms with Crippen LogP contribution in [0.4, 0.5) is 21.6 Å². The molecule has 1 aromatic heterocycles. The van der Waals surface area contributed by atoms with Crippen LogP contribution in [0.15, 0.2) is 48.8 Å². The number of thioether (sulfide) groups is 1. The van der Waals surface area contributed by atoms with Gasteiger partial charge in [-0.3, -0.25) is 9.69 Å². The second-order valence-electron chi connectivity index (χ2n) is 8.59. The van der Waals surface area contributed by atoms with Crippen LogP contribution >= 0.6 is 23.4 Å². The minimum absolute atomic E-state index is 0.00547. The Bertz CT molecular complexity index is 1290. The van der Waals surface area contributed by atoms with Gasteiger partial charge in [-0.25, -0.2) is 14.4 Å². The Morgan fingerprint density at radius 3 is 3.03 bits per heavy atom. The van der Waals surface area contributed by atoms with E-state index in [1.807, 2.05) is 17.8 Å². The van der Waals surface area contributed by atoms with Crippen LogP contribution in [0.3, 0.4) is 0 Å². The number of amides is 1. The number of halogens is 2. The molecule has 0 aliphatic carbocycles. The summed E-state index contributed by atoms with van der Waals surface area (Å²) in [6, 6.07) is 8.46. The molecular formula is C25H25ClFN5O2S. The molecule has 7 nitrogen and oxygen atoms in total. The molecule has 10 heteroatoms. The summed E-state index contributed by atoms with van der Waals surface area (Å²) in [4.78, 5) is 23.8. The first-order chi connectivity index (χ1) is 17.0. The van der Waals surface area contributed by atoms with Gasteiger partial charge < -0.3 is 15.4 Å². The van der Waals surface area contributed by atoms with E-state index < -0.39 is 5.82 Å². The number of methoxy groups -OCH3 is 1. The molecule has 2 unspecified atom stereocenters. The highest BCUT2D eigenvalue weighted by atomic mass is 35.5. The van der Waals surface area contributed by atoms with Gasteiger partial charge in [0.1, 0.15) is 23.7 Å². The molecular weight excluding hydrogens is 489 g/mol. The lowest BCUT2D eigenvalue weighted by Gasteiger charge is -2.21. The van der Waals surface area contributed by atoms with E-state index >= 15 is 0 Å². The Morgan fingerprint density at radius 2 is 2.20 bits per heavy atom. The van der Waals surface area contributed by atoms with Gasteiger partial charge in [-0.15, -0.1) is 0 Å². The standard InChI is InChI=1S/C25H25ClFN5O2S/c1-34-23-11-20-17(25(29-14-28-20)30-16-4-5-19(27)18(26)9-16)10-21(23)31-24(33)3-2-7-32-8-6-15-12-35-13-22(15)32/h2-5,9-11,14-15,22H,6-8,12-13H2,1H3,(H,31,33)(H,28,29,30)/b3-2+. The third-order valence-electron chi connectivity index (χ3n) is 6.43. The van der Waals surface area contributed by atoms with Gasteiger partial charge in [-0.2, -0.15) is 11.8 Å². The van der Waals surface area contributed by atoms with E-state index in [0.29, 0.717) is 39.9 Å².